The summed E-state index contributed by atoms with van der Waals surface area (Å²) in [6.45, 7) is 0.414. The van der Waals surface area contributed by atoms with Crippen LogP contribution < -0.4 is 5.32 Å². The van der Waals surface area contributed by atoms with Gasteiger partial charge in [-0.05, 0) is 41.9 Å². The molecule has 0 saturated carbocycles. The Bertz CT molecular complexity index is 595. The summed E-state index contributed by atoms with van der Waals surface area (Å²) < 4.78 is 9.86. The van der Waals surface area contributed by atoms with Gasteiger partial charge >= 0.3 is 5.97 Å². The number of furan rings is 1. The van der Waals surface area contributed by atoms with Crippen LogP contribution in [0.25, 0.3) is 0 Å². The number of anilines is 1. The number of hydrogen-bond donors (Lipinski definition) is 1. The van der Waals surface area contributed by atoms with Crippen LogP contribution in [0.5, 0.6) is 0 Å². The minimum Gasteiger partial charge on any atom is -0.465 e. The molecule has 2 aromatic rings. The van der Waals surface area contributed by atoms with E-state index in [1.807, 2.05) is 0 Å². The van der Waals surface area contributed by atoms with E-state index in [2.05, 4.69) is 10.1 Å². The van der Waals surface area contributed by atoms with Gasteiger partial charge in [0.05, 0.1) is 29.9 Å². The second-order valence-electron chi connectivity index (χ2n) is 3.75. The lowest BCUT2D eigenvalue weighted by Crippen LogP contribution is -2.04. The van der Waals surface area contributed by atoms with Crippen molar-refractivity contribution in [3.63, 3.8) is 0 Å². The van der Waals surface area contributed by atoms with Crippen molar-refractivity contribution in [1.82, 2.24) is 0 Å². The summed E-state index contributed by atoms with van der Waals surface area (Å²) in [6, 6.07) is 8.27. The molecule has 0 radical (unpaired) electrons. The van der Waals surface area contributed by atoms with Gasteiger partial charge in [-0.25, -0.2) is 4.79 Å². The van der Waals surface area contributed by atoms with E-state index < -0.39 is 5.97 Å². The van der Waals surface area contributed by atoms with Crippen LogP contribution in [0.1, 0.15) is 16.1 Å². The third-order valence-electron chi connectivity index (χ3n) is 2.47. The van der Waals surface area contributed by atoms with Crippen molar-refractivity contribution in [3.8, 4) is 0 Å². The fourth-order valence-corrected chi connectivity index (χ4v) is 1.88. The normalized spacial score (nSPS) is 10.3. The minimum absolute atomic E-state index is 0.325. The standard InChI is InChI=1S/C13H11Cl2NO3/c1-18-13(17)8-2-4-10(14)11(6-8)16-7-9-3-5-12(15)19-9/h2-6,16H,7H2,1H3. The number of nitrogens with one attached hydrogen (secondary N) is 1. The molecule has 1 aromatic carbocycles. The zero-order chi connectivity index (χ0) is 13.8. The number of carbonyl (C=O) groups is 1. The van der Waals surface area contributed by atoms with Crippen molar-refractivity contribution >= 4 is 34.9 Å². The van der Waals surface area contributed by atoms with E-state index in [9.17, 15) is 4.79 Å². The van der Waals surface area contributed by atoms with Gasteiger partial charge in [0.25, 0.3) is 0 Å². The fourth-order valence-electron chi connectivity index (χ4n) is 1.53. The number of ether oxygens (including phenoxy) is 1. The number of carbonyl (C=O) groups excluding carboxylic acids is 1. The van der Waals surface area contributed by atoms with Crippen LogP contribution in [0.4, 0.5) is 5.69 Å². The molecule has 0 atom stereocenters. The predicted molar refractivity (Wildman–Crippen MR) is 73.8 cm³/mol. The van der Waals surface area contributed by atoms with Gasteiger partial charge in [0.2, 0.25) is 0 Å². The molecular weight excluding hydrogens is 289 g/mol. The molecule has 0 aliphatic rings. The summed E-state index contributed by atoms with van der Waals surface area (Å²) >= 11 is 11.7. The maximum absolute atomic E-state index is 11.4. The smallest absolute Gasteiger partial charge is 0.337 e. The second-order valence-corrected chi connectivity index (χ2v) is 4.53. The summed E-state index contributed by atoms with van der Waals surface area (Å²) in [5.74, 6) is 0.255. The van der Waals surface area contributed by atoms with Crippen LogP contribution >= 0.6 is 23.2 Å². The Hall–Kier alpha value is -1.65. The van der Waals surface area contributed by atoms with Crippen molar-refractivity contribution in [2.75, 3.05) is 12.4 Å². The summed E-state index contributed by atoms with van der Waals surface area (Å²) in [5, 5.41) is 3.90. The number of halogens is 2. The average Bonchev–Trinajstić information content (AvgIpc) is 2.82. The number of hydrogen-bond acceptors (Lipinski definition) is 4. The quantitative estimate of drug-likeness (QED) is 0.868. The Kier molecular flexibility index (Phi) is 4.35. The topological polar surface area (TPSA) is 51.5 Å². The lowest BCUT2D eigenvalue weighted by molar-refractivity contribution is 0.0601. The molecule has 1 aromatic heterocycles. The highest BCUT2D eigenvalue weighted by atomic mass is 35.5. The van der Waals surface area contributed by atoms with E-state index in [1.165, 1.54) is 7.11 Å². The Morgan fingerprint density at radius 3 is 2.74 bits per heavy atom. The maximum Gasteiger partial charge on any atom is 0.337 e. The molecule has 6 heteroatoms. The van der Waals surface area contributed by atoms with Gasteiger partial charge in [0.1, 0.15) is 5.76 Å². The first-order chi connectivity index (χ1) is 9.10. The Balaban J connectivity index is 2.12. The zero-order valence-electron chi connectivity index (χ0n) is 10.1. The molecule has 0 spiro atoms. The molecule has 2 rings (SSSR count). The Morgan fingerprint density at radius 1 is 1.32 bits per heavy atom. The fraction of sp³-hybridized carbons (Fsp3) is 0.154. The molecule has 0 saturated heterocycles. The van der Waals surface area contributed by atoms with E-state index in [1.54, 1.807) is 30.3 Å². The maximum atomic E-state index is 11.4. The van der Waals surface area contributed by atoms with Gasteiger partial charge in [-0.1, -0.05) is 11.6 Å². The van der Waals surface area contributed by atoms with Crippen LogP contribution in [0.3, 0.4) is 0 Å². The van der Waals surface area contributed by atoms with Crippen molar-refractivity contribution in [2.45, 2.75) is 6.54 Å². The molecule has 0 bridgehead atoms. The highest BCUT2D eigenvalue weighted by Gasteiger charge is 2.09. The summed E-state index contributed by atoms with van der Waals surface area (Å²) in [5.41, 5.74) is 1.05. The van der Waals surface area contributed by atoms with Crippen LogP contribution in [-0.2, 0) is 11.3 Å². The molecule has 0 unspecified atom stereocenters. The molecule has 100 valence electrons. The minimum atomic E-state index is -0.416. The molecule has 1 N–H and O–H groups in total. The van der Waals surface area contributed by atoms with Crippen molar-refractivity contribution in [2.24, 2.45) is 0 Å². The van der Waals surface area contributed by atoms with Crippen LogP contribution in [0.2, 0.25) is 10.2 Å². The molecule has 0 amide bonds. The average molecular weight is 300 g/mol. The van der Waals surface area contributed by atoms with E-state index in [-0.39, 0.29) is 0 Å². The Morgan fingerprint density at radius 2 is 2.11 bits per heavy atom. The van der Waals surface area contributed by atoms with Gasteiger partial charge < -0.3 is 14.5 Å². The zero-order valence-corrected chi connectivity index (χ0v) is 11.6. The van der Waals surface area contributed by atoms with Gasteiger partial charge in [-0.2, -0.15) is 0 Å². The van der Waals surface area contributed by atoms with E-state index in [0.717, 1.165) is 0 Å². The van der Waals surface area contributed by atoms with E-state index >= 15 is 0 Å². The highest BCUT2D eigenvalue weighted by Crippen LogP contribution is 2.24. The van der Waals surface area contributed by atoms with Crippen LogP contribution in [-0.4, -0.2) is 13.1 Å². The molecule has 0 aliphatic heterocycles. The Labute approximate surface area is 120 Å². The first-order valence-electron chi connectivity index (χ1n) is 5.46. The molecule has 1 heterocycles. The van der Waals surface area contributed by atoms with Crippen molar-refractivity contribution in [1.29, 1.82) is 0 Å². The monoisotopic (exact) mass is 299 g/mol. The second kappa shape index (κ2) is 5.99. The SMILES string of the molecule is COC(=O)c1ccc(Cl)c(NCc2ccc(Cl)o2)c1. The summed E-state index contributed by atoms with van der Waals surface area (Å²) in [4.78, 5) is 11.4. The third-order valence-corrected chi connectivity index (χ3v) is 3.00. The van der Waals surface area contributed by atoms with Gasteiger partial charge in [0.15, 0.2) is 5.22 Å². The van der Waals surface area contributed by atoms with Gasteiger partial charge in [-0.15, -0.1) is 0 Å². The lowest BCUT2D eigenvalue weighted by atomic mass is 10.2. The van der Waals surface area contributed by atoms with E-state index in [0.29, 0.717) is 33.8 Å². The molecule has 0 fully saturated rings. The number of methoxy groups -OCH3 is 1. The summed E-state index contributed by atoms with van der Waals surface area (Å²) in [7, 11) is 1.33. The van der Waals surface area contributed by atoms with Crippen LogP contribution in [0, 0.1) is 0 Å². The van der Waals surface area contributed by atoms with Gasteiger partial charge in [-0.3, -0.25) is 0 Å². The molecular formula is C13H11Cl2NO3. The lowest BCUT2D eigenvalue weighted by Gasteiger charge is -2.08. The first-order valence-corrected chi connectivity index (χ1v) is 6.21. The summed E-state index contributed by atoms with van der Waals surface area (Å²) in [6.07, 6.45) is 0. The molecule has 4 nitrogen and oxygen atoms in total. The first kappa shape index (κ1) is 13.8. The number of benzene rings is 1. The molecule has 19 heavy (non-hydrogen) atoms. The van der Waals surface area contributed by atoms with Crippen molar-refractivity contribution < 1.29 is 13.9 Å². The third kappa shape index (κ3) is 3.43. The molecule has 0 aliphatic carbocycles. The highest BCUT2D eigenvalue weighted by molar-refractivity contribution is 6.33. The predicted octanol–water partition coefficient (Wildman–Crippen LogP) is 3.99. The van der Waals surface area contributed by atoms with Crippen LogP contribution in [0.15, 0.2) is 34.7 Å². The largest absolute Gasteiger partial charge is 0.465 e. The number of rotatable bonds is 4. The number of esters is 1. The van der Waals surface area contributed by atoms with Crippen molar-refractivity contribution in [3.05, 3.63) is 51.9 Å². The van der Waals surface area contributed by atoms with Gasteiger partial charge in [0, 0.05) is 0 Å². The van der Waals surface area contributed by atoms with E-state index in [4.69, 9.17) is 27.6 Å².